The first-order chi connectivity index (χ1) is 8.45. The molecule has 1 aromatic rings. The van der Waals surface area contributed by atoms with Crippen molar-refractivity contribution in [2.45, 2.75) is 0 Å². The minimum atomic E-state index is -1.25. The van der Waals surface area contributed by atoms with Gasteiger partial charge in [-0.25, -0.2) is 4.79 Å². The number of amides is 1. The zero-order valence-electron chi connectivity index (χ0n) is 9.37. The second kappa shape index (κ2) is 5.62. The molecule has 0 saturated heterocycles. The van der Waals surface area contributed by atoms with E-state index in [1.807, 2.05) is 0 Å². The summed E-state index contributed by atoms with van der Waals surface area (Å²) < 4.78 is 4.76. The summed E-state index contributed by atoms with van der Waals surface area (Å²) in [7, 11) is 1.39. The number of nitrogens with zero attached hydrogens (tertiary/aromatic N) is 1. The highest BCUT2D eigenvalue weighted by Gasteiger charge is 2.19. The molecule has 1 aromatic carbocycles. The van der Waals surface area contributed by atoms with Crippen molar-refractivity contribution in [1.29, 1.82) is 0 Å². The molecular formula is C10H10N2O6. The number of nitro groups is 1. The van der Waals surface area contributed by atoms with Crippen LogP contribution in [0.3, 0.4) is 0 Å². The molecule has 0 aliphatic heterocycles. The molecule has 96 valence electrons. The predicted octanol–water partition coefficient (Wildman–Crippen LogP) is 0.418. The van der Waals surface area contributed by atoms with Crippen LogP contribution in [0.4, 0.5) is 5.69 Å². The number of rotatable bonds is 5. The Morgan fingerprint density at radius 3 is 2.67 bits per heavy atom. The lowest BCUT2D eigenvalue weighted by molar-refractivity contribution is -0.385. The highest BCUT2D eigenvalue weighted by molar-refractivity contribution is 5.95. The van der Waals surface area contributed by atoms with Crippen LogP contribution in [0.5, 0.6) is 5.75 Å². The number of hydrogen-bond donors (Lipinski definition) is 2. The molecule has 0 aromatic heterocycles. The van der Waals surface area contributed by atoms with Crippen molar-refractivity contribution in [3.63, 3.8) is 0 Å². The monoisotopic (exact) mass is 254 g/mol. The van der Waals surface area contributed by atoms with Gasteiger partial charge >= 0.3 is 11.7 Å². The Bertz CT molecular complexity index is 499. The van der Waals surface area contributed by atoms with E-state index in [1.165, 1.54) is 19.2 Å². The van der Waals surface area contributed by atoms with Gasteiger partial charge in [-0.3, -0.25) is 14.9 Å². The number of nitro benzene ring substituents is 1. The number of hydrogen-bond acceptors (Lipinski definition) is 5. The molecule has 1 amide bonds. The molecule has 0 radical (unpaired) electrons. The number of ether oxygens (including phenoxy) is 1. The fraction of sp³-hybridized carbons (Fsp3) is 0.200. The van der Waals surface area contributed by atoms with E-state index in [1.54, 1.807) is 0 Å². The molecule has 1 rings (SSSR count). The molecule has 0 fully saturated rings. The molecule has 0 unspecified atom stereocenters. The summed E-state index contributed by atoms with van der Waals surface area (Å²) in [5, 5.41) is 21.5. The second-order valence-electron chi connectivity index (χ2n) is 3.20. The summed E-state index contributed by atoms with van der Waals surface area (Å²) in [4.78, 5) is 31.6. The van der Waals surface area contributed by atoms with Gasteiger partial charge in [0.25, 0.3) is 5.91 Å². The molecule has 0 aliphatic carbocycles. The van der Waals surface area contributed by atoms with Crippen LogP contribution in [-0.2, 0) is 4.79 Å². The lowest BCUT2D eigenvalue weighted by Gasteiger charge is -2.05. The van der Waals surface area contributed by atoms with Crippen molar-refractivity contribution < 1.29 is 24.4 Å². The quantitative estimate of drug-likeness (QED) is 0.580. The SMILES string of the molecule is CNC(=O)c1ccc(OCC(=O)O)c([N+](=O)[O-])c1. The molecule has 0 bridgehead atoms. The lowest BCUT2D eigenvalue weighted by Crippen LogP contribution is -2.18. The summed E-state index contributed by atoms with van der Waals surface area (Å²) in [6.07, 6.45) is 0. The van der Waals surface area contributed by atoms with Crippen LogP contribution in [-0.4, -0.2) is 35.6 Å². The molecule has 18 heavy (non-hydrogen) atoms. The van der Waals surface area contributed by atoms with E-state index < -0.39 is 29.1 Å². The van der Waals surface area contributed by atoms with Gasteiger partial charge in [0.05, 0.1) is 4.92 Å². The van der Waals surface area contributed by atoms with Gasteiger partial charge in [0.15, 0.2) is 12.4 Å². The third-order valence-corrected chi connectivity index (χ3v) is 2.00. The molecule has 0 saturated carbocycles. The Labute approximate surface area is 101 Å². The van der Waals surface area contributed by atoms with Gasteiger partial charge in [-0.15, -0.1) is 0 Å². The van der Waals surface area contributed by atoms with Crippen LogP contribution >= 0.6 is 0 Å². The van der Waals surface area contributed by atoms with E-state index in [0.717, 1.165) is 6.07 Å². The predicted molar refractivity (Wildman–Crippen MR) is 59.6 cm³/mol. The molecule has 0 spiro atoms. The number of carbonyl (C=O) groups is 2. The van der Waals surface area contributed by atoms with E-state index in [4.69, 9.17) is 9.84 Å². The van der Waals surface area contributed by atoms with Crippen LogP contribution in [0.1, 0.15) is 10.4 Å². The third kappa shape index (κ3) is 3.17. The fourth-order valence-electron chi connectivity index (χ4n) is 1.21. The van der Waals surface area contributed by atoms with Gasteiger partial charge in [-0.2, -0.15) is 0 Å². The normalized spacial score (nSPS) is 9.61. The van der Waals surface area contributed by atoms with Crippen molar-refractivity contribution in [1.82, 2.24) is 5.32 Å². The van der Waals surface area contributed by atoms with Crippen molar-refractivity contribution >= 4 is 17.6 Å². The van der Waals surface area contributed by atoms with Crippen molar-refractivity contribution in [2.75, 3.05) is 13.7 Å². The second-order valence-corrected chi connectivity index (χ2v) is 3.20. The largest absolute Gasteiger partial charge is 0.479 e. The van der Waals surface area contributed by atoms with Crippen LogP contribution < -0.4 is 10.1 Å². The van der Waals surface area contributed by atoms with Gasteiger partial charge < -0.3 is 15.2 Å². The number of carbonyl (C=O) groups excluding carboxylic acids is 1. The first-order valence-electron chi connectivity index (χ1n) is 4.80. The Hall–Kier alpha value is -2.64. The summed E-state index contributed by atoms with van der Waals surface area (Å²) in [6.45, 7) is -0.694. The maximum absolute atomic E-state index is 11.3. The molecule has 2 N–H and O–H groups in total. The average molecular weight is 254 g/mol. The van der Waals surface area contributed by atoms with Crippen molar-refractivity contribution in [3.05, 3.63) is 33.9 Å². The van der Waals surface area contributed by atoms with Gasteiger partial charge in [-0.05, 0) is 12.1 Å². The van der Waals surface area contributed by atoms with E-state index in [0.29, 0.717) is 0 Å². The minimum absolute atomic E-state index is 0.0897. The molecule has 8 nitrogen and oxygen atoms in total. The number of aliphatic carboxylic acids is 1. The van der Waals surface area contributed by atoms with Crippen LogP contribution in [0.25, 0.3) is 0 Å². The zero-order chi connectivity index (χ0) is 13.7. The first-order valence-corrected chi connectivity index (χ1v) is 4.80. The number of carboxylic acids is 1. The minimum Gasteiger partial charge on any atom is -0.479 e. The maximum atomic E-state index is 11.3. The van der Waals surface area contributed by atoms with E-state index in [9.17, 15) is 19.7 Å². The molecule has 0 aliphatic rings. The van der Waals surface area contributed by atoms with Crippen LogP contribution in [0.15, 0.2) is 18.2 Å². The van der Waals surface area contributed by atoms with Crippen LogP contribution in [0, 0.1) is 10.1 Å². The van der Waals surface area contributed by atoms with E-state index >= 15 is 0 Å². The summed E-state index contributed by atoms with van der Waals surface area (Å²) in [6, 6.07) is 3.52. The van der Waals surface area contributed by atoms with Crippen molar-refractivity contribution in [2.24, 2.45) is 0 Å². The Morgan fingerprint density at radius 2 is 2.17 bits per heavy atom. The smallest absolute Gasteiger partial charge is 0.341 e. The molecule has 0 atom stereocenters. The average Bonchev–Trinajstić information content (AvgIpc) is 2.34. The number of carboxylic acid groups (broad SMARTS) is 1. The third-order valence-electron chi connectivity index (χ3n) is 2.00. The van der Waals surface area contributed by atoms with E-state index in [2.05, 4.69) is 5.32 Å². The summed E-state index contributed by atoms with van der Waals surface area (Å²) >= 11 is 0. The highest BCUT2D eigenvalue weighted by Crippen LogP contribution is 2.27. The maximum Gasteiger partial charge on any atom is 0.341 e. The number of benzene rings is 1. The van der Waals surface area contributed by atoms with Crippen molar-refractivity contribution in [3.8, 4) is 5.75 Å². The van der Waals surface area contributed by atoms with Crippen LogP contribution in [0.2, 0.25) is 0 Å². The Balaban J connectivity index is 3.08. The fourth-order valence-corrected chi connectivity index (χ4v) is 1.21. The lowest BCUT2D eigenvalue weighted by atomic mass is 10.2. The standard InChI is InChI=1S/C10H10N2O6/c1-11-10(15)6-2-3-8(18-5-9(13)14)7(4-6)12(16)17/h2-4H,5H2,1H3,(H,11,15)(H,13,14). The van der Waals surface area contributed by atoms with Gasteiger partial charge in [-0.1, -0.05) is 0 Å². The Kier molecular flexibility index (Phi) is 4.19. The highest BCUT2D eigenvalue weighted by atomic mass is 16.6. The molecular weight excluding hydrogens is 244 g/mol. The summed E-state index contributed by atoms with van der Waals surface area (Å²) in [5.41, 5.74) is -0.371. The molecule has 0 heterocycles. The first kappa shape index (κ1) is 13.4. The van der Waals surface area contributed by atoms with Gasteiger partial charge in [0.1, 0.15) is 0 Å². The van der Waals surface area contributed by atoms with Gasteiger partial charge in [0.2, 0.25) is 0 Å². The topological polar surface area (TPSA) is 119 Å². The zero-order valence-corrected chi connectivity index (χ0v) is 9.37. The molecule has 8 heteroatoms. The van der Waals surface area contributed by atoms with E-state index in [-0.39, 0.29) is 11.3 Å². The number of nitrogens with one attached hydrogen (secondary N) is 1. The summed E-state index contributed by atoms with van der Waals surface area (Å²) in [5.74, 6) is -1.93. The van der Waals surface area contributed by atoms with Gasteiger partial charge in [0, 0.05) is 18.7 Å². The Morgan fingerprint density at radius 1 is 1.50 bits per heavy atom.